The Morgan fingerprint density at radius 3 is 2.71 bits per heavy atom. The number of nitrogens with zero attached hydrogens (tertiary/aromatic N) is 1. The minimum absolute atomic E-state index is 0.0161. The van der Waals surface area contributed by atoms with Crippen molar-refractivity contribution in [3.8, 4) is 0 Å². The van der Waals surface area contributed by atoms with Crippen molar-refractivity contribution in [3.63, 3.8) is 0 Å². The summed E-state index contributed by atoms with van der Waals surface area (Å²) < 4.78 is 0. The van der Waals surface area contributed by atoms with Crippen molar-refractivity contribution in [3.05, 3.63) is 30.6 Å². The Balaban J connectivity index is 2.95. The average Bonchev–Trinajstić information content (AvgIpc) is 2.51. The summed E-state index contributed by atoms with van der Waals surface area (Å²) in [6.07, 6.45) is 5.84. The first-order valence-electron chi connectivity index (χ1n) is 4.59. The summed E-state index contributed by atoms with van der Waals surface area (Å²) in [6.45, 7) is 10.00. The van der Waals surface area contributed by atoms with E-state index in [0.717, 1.165) is 11.3 Å². The standard InChI is InChI=1S/C11H17N3/c1-5-11(3,4)6-8(2)9-7-13-10(12)14-9/h5-7H,1H2,2-4H3,(H3,12,13,14)/b8-6+. The van der Waals surface area contributed by atoms with Crippen molar-refractivity contribution in [2.75, 3.05) is 5.73 Å². The number of hydrogen-bond acceptors (Lipinski definition) is 2. The van der Waals surface area contributed by atoms with E-state index in [9.17, 15) is 0 Å². The Kier molecular flexibility index (Phi) is 2.79. The van der Waals surface area contributed by atoms with Gasteiger partial charge in [-0.1, -0.05) is 26.0 Å². The molecule has 0 radical (unpaired) electrons. The van der Waals surface area contributed by atoms with Crippen molar-refractivity contribution < 1.29 is 0 Å². The van der Waals surface area contributed by atoms with E-state index in [1.54, 1.807) is 6.20 Å². The summed E-state index contributed by atoms with van der Waals surface area (Å²) in [6, 6.07) is 0. The highest BCUT2D eigenvalue weighted by Crippen LogP contribution is 2.24. The maximum absolute atomic E-state index is 5.50. The van der Waals surface area contributed by atoms with Crippen LogP contribution in [0.5, 0.6) is 0 Å². The van der Waals surface area contributed by atoms with Crippen molar-refractivity contribution in [1.82, 2.24) is 9.97 Å². The molecule has 0 amide bonds. The van der Waals surface area contributed by atoms with Gasteiger partial charge in [-0.2, -0.15) is 0 Å². The minimum Gasteiger partial charge on any atom is -0.369 e. The van der Waals surface area contributed by atoms with Gasteiger partial charge in [-0.05, 0) is 12.5 Å². The number of nitrogen functional groups attached to an aromatic ring is 1. The molecular weight excluding hydrogens is 174 g/mol. The fourth-order valence-electron chi connectivity index (χ4n) is 1.23. The zero-order valence-electron chi connectivity index (χ0n) is 8.96. The van der Waals surface area contributed by atoms with E-state index in [1.165, 1.54) is 0 Å². The number of imidazole rings is 1. The SMILES string of the molecule is C=CC(C)(C)/C=C(\C)c1c[nH]c(N)n1. The molecule has 3 heteroatoms. The van der Waals surface area contributed by atoms with E-state index in [4.69, 9.17) is 5.73 Å². The van der Waals surface area contributed by atoms with Crippen LogP contribution in [0.3, 0.4) is 0 Å². The molecule has 0 fully saturated rings. The number of hydrogen-bond donors (Lipinski definition) is 2. The number of aromatic amines is 1. The molecule has 0 aromatic carbocycles. The monoisotopic (exact) mass is 191 g/mol. The number of anilines is 1. The quantitative estimate of drug-likeness (QED) is 0.721. The molecule has 0 aliphatic rings. The van der Waals surface area contributed by atoms with Crippen LogP contribution in [-0.4, -0.2) is 9.97 Å². The topological polar surface area (TPSA) is 54.7 Å². The maximum Gasteiger partial charge on any atom is 0.198 e. The van der Waals surface area contributed by atoms with Crippen LogP contribution >= 0.6 is 0 Å². The normalized spacial score (nSPS) is 12.9. The second-order valence-corrected chi connectivity index (χ2v) is 4.02. The van der Waals surface area contributed by atoms with Gasteiger partial charge in [0, 0.05) is 11.6 Å². The molecule has 1 rings (SSSR count). The number of aromatic nitrogens is 2. The first kappa shape index (κ1) is 10.6. The second kappa shape index (κ2) is 3.70. The lowest BCUT2D eigenvalue weighted by atomic mass is 9.91. The number of allylic oxidation sites excluding steroid dienone is 3. The van der Waals surface area contributed by atoms with Gasteiger partial charge in [-0.25, -0.2) is 4.98 Å². The van der Waals surface area contributed by atoms with Gasteiger partial charge in [0.2, 0.25) is 0 Å². The fraction of sp³-hybridized carbons (Fsp3) is 0.364. The Hall–Kier alpha value is -1.51. The second-order valence-electron chi connectivity index (χ2n) is 4.02. The molecule has 1 heterocycles. The lowest BCUT2D eigenvalue weighted by Gasteiger charge is -2.14. The molecule has 1 aromatic rings. The van der Waals surface area contributed by atoms with Crippen molar-refractivity contribution in [1.29, 1.82) is 0 Å². The Morgan fingerprint density at radius 1 is 1.64 bits per heavy atom. The number of nitrogens with one attached hydrogen (secondary N) is 1. The fourth-order valence-corrected chi connectivity index (χ4v) is 1.23. The molecule has 0 spiro atoms. The summed E-state index contributed by atoms with van der Waals surface area (Å²) in [5, 5.41) is 0. The highest BCUT2D eigenvalue weighted by atomic mass is 15.0. The van der Waals surface area contributed by atoms with Gasteiger partial charge >= 0.3 is 0 Å². The molecule has 3 nitrogen and oxygen atoms in total. The lowest BCUT2D eigenvalue weighted by Crippen LogP contribution is -2.02. The number of nitrogens with two attached hydrogens (primary N) is 1. The minimum atomic E-state index is -0.0161. The van der Waals surface area contributed by atoms with Gasteiger partial charge in [0.05, 0.1) is 5.69 Å². The molecule has 76 valence electrons. The van der Waals surface area contributed by atoms with E-state index in [1.807, 2.05) is 13.0 Å². The summed E-state index contributed by atoms with van der Waals surface area (Å²) in [4.78, 5) is 7.00. The number of H-pyrrole nitrogens is 1. The van der Waals surface area contributed by atoms with Crippen LogP contribution in [0.2, 0.25) is 0 Å². The first-order chi connectivity index (χ1) is 6.44. The molecule has 1 aromatic heterocycles. The van der Waals surface area contributed by atoms with Gasteiger partial charge < -0.3 is 10.7 Å². The van der Waals surface area contributed by atoms with Crippen LogP contribution < -0.4 is 5.73 Å². The molecule has 0 aliphatic carbocycles. The molecule has 0 aliphatic heterocycles. The zero-order chi connectivity index (χ0) is 10.8. The van der Waals surface area contributed by atoms with Crippen molar-refractivity contribution >= 4 is 11.5 Å². The van der Waals surface area contributed by atoms with Crippen LogP contribution in [0.15, 0.2) is 24.9 Å². The Bertz CT molecular complexity index is 358. The van der Waals surface area contributed by atoms with Gasteiger partial charge in [-0.15, -0.1) is 6.58 Å². The van der Waals surface area contributed by atoms with Crippen molar-refractivity contribution in [2.24, 2.45) is 5.41 Å². The van der Waals surface area contributed by atoms with Crippen molar-refractivity contribution in [2.45, 2.75) is 20.8 Å². The smallest absolute Gasteiger partial charge is 0.198 e. The predicted octanol–water partition coefficient (Wildman–Crippen LogP) is 2.61. The largest absolute Gasteiger partial charge is 0.369 e. The third-order valence-electron chi connectivity index (χ3n) is 2.12. The Morgan fingerprint density at radius 2 is 2.29 bits per heavy atom. The molecule has 14 heavy (non-hydrogen) atoms. The number of rotatable bonds is 3. The lowest BCUT2D eigenvalue weighted by molar-refractivity contribution is 0.629. The maximum atomic E-state index is 5.50. The van der Waals surface area contributed by atoms with Gasteiger partial charge in [0.15, 0.2) is 5.95 Å². The predicted molar refractivity (Wildman–Crippen MR) is 60.6 cm³/mol. The first-order valence-corrected chi connectivity index (χ1v) is 4.59. The van der Waals surface area contributed by atoms with E-state index in [2.05, 4.69) is 36.5 Å². The van der Waals surface area contributed by atoms with Crippen LogP contribution in [0.25, 0.3) is 5.57 Å². The summed E-state index contributed by atoms with van der Waals surface area (Å²) in [5.74, 6) is 0.448. The molecule has 0 bridgehead atoms. The van der Waals surface area contributed by atoms with Crippen LogP contribution in [-0.2, 0) is 0 Å². The average molecular weight is 191 g/mol. The van der Waals surface area contributed by atoms with Crippen LogP contribution in [0.1, 0.15) is 26.5 Å². The highest BCUT2D eigenvalue weighted by Gasteiger charge is 2.10. The molecule has 3 N–H and O–H groups in total. The third kappa shape index (κ3) is 2.49. The summed E-state index contributed by atoms with van der Waals surface area (Å²) in [7, 11) is 0. The molecule has 0 unspecified atom stereocenters. The van der Waals surface area contributed by atoms with Gasteiger partial charge in [0.1, 0.15) is 0 Å². The third-order valence-corrected chi connectivity index (χ3v) is 2.12. The summed E-state index contributed by atoms with van der Waals surface area (Å²) in [5.41, 5.74) is 7.47. The zero-order valence-corrected chi connectivity index (χ0v) is 8.96. The van der Waals surface area contributed by atoms with E-state index in [-0.39, 0.29) is 5.41 Å². The molecule has 0 atom stereocenters. The van der Waals surface area contributed by atoms with E-state index >= 15 is 0 Å². The van der Waals surface area contributed by atoms with Gasteiger partial charge in [0.25, 0.3) is 0 Å². The molecule has 0 saturated carbocycles. The summed E-state index contributed by atoms with van der Waals surface area (Å²) >= 11 is 0. The van der Waals surface area contributed by atoms with Crippen LogP contribution in [0, 0.1) is 5.41 Å². The van der Waals surface area contributed by atoms with Gasteiger partial charge in [-0.3, -0.25) is 0 Å². The van der Waals surface area contributed by atoms with E-state index < -0.39 is 0 Å². The molecular formula is C11H17N3. The van der Waals surface area contributed by atoms with E-state index in [0.29, 0.717) is 5.95 Å². The van der Waals surface area contributed by atoms with Crippen LogP contribution in [0.4, 0.5) is 5.95 Å². The highest BCUT2D eigenvalue weighted by molar-refractivity contribution is 5.62. The molecule has 0 saturated heterocycles. The Labute approximate surface area is 84.7 Å².